The van der Waals surface area contributed by atoms with Crippen LogP contribution in [0.15, 0.2) is 114 Å². The third-order valence-electron chi connectivity index (χ3n) is 7.18. The summed E-state index contributed by atoms with van der Waals surface area (Å²) in [6.45, 7) is -0.0982. The van der Waals surface area contributed by atoms with Crippen LogP contribution in [-0.2, 0) is 32.6 Å². The van der Waals surface area contributed by atoms with Crippen LogP contribution in [0.1, 0.15) is 11.1 Å². The largest absolute Gasteiger partial charge is 0.497 e. The van der Waals surface area contributed by atoms with Gasteiger partial charge in [-0.25, -0.2) is 8.42 Å². The Morgan fingerprint density at radius 1 is 0.884 bits per heavy atom. The van der Waals surface area contributed by atoms with Crippen LogP contribution in [0, 0.1) is 0 Å². The molecule has 1 aliphatic heterocycles. The summed E-state index contributed by atoms with van der Waals surface area (Å²) in [5, 5.41) is 2.87. The van der Waals surface area contributed by atoms with Gasteiger partial charge in [0.25, 0.3) is 5.91 Å². The summed E-state index contributed by atoms with van der Waals surface area (Å²) in [5.74, 6) is 0.0490. The molecule has 43 heavy (non-hydrogen) atoms. The molecule has 4 aromatic carbocycles. The maximum Gasteiger partial charge on any atom is 0.263 e. The van der Waals surface area contributed by atoms with Gasteiger partial charge in [-0.1, -0.05) is 72.8 Å². The minimum absolute atomic E-state index is 0.0507. The SMILES string of the molecule is COc1ccc(S(=O)(=O)N(CCc2ccccc2)CC(=O)N2CC(C(=O)NCc3ccccc3)Oc3ccccc32)cc1. The predicted molar refractivity (Wildman–Crippen MR) is 163 cm³/mol. The first-order valence-electron chi connectivity index (χ1n) is 13.9. The first-order chi connectivity index (χ1) is 20.8. The topological polar surface area (TPSA) is 105 Å². The molecule has 1 aliphatic rings. The molecular formula is C33H33N3O6S. The van der Waals surface area contributed by atoms with Crippen LogP contribution in [0.25, 0.3) is 0 Å². The van der Waals surface area contributed by atoms with E-state index in [1.165, 1.54) is 28.4 Å². The molecular weight excluding hydrogens is 566 g/mol. The third-order valence-corrected chi connectivity index (χ3v) is 9.04. The van der Waals surface area contributed by atoms with E-state index in [-0.39, 0.29) is 23.9 Å². The highest BCUT2D eigenvalue weighted by Crippen LogP contribution is 2.33. The van der Waals surface area contributed by atoms with Crippen LogP contribution >= 0.6 is 0 Å². The summed E-state index contributed by atoms with van der Waals surface area (Å²) >= 11 is 0. The van der Waals surface area contributed by atoms with Crippen LogP contribution in [0.5, 0.6) is 11.5 Å². The van der Waals surface area contributed by atoms with E-state index in [1.807, 2.05) is 60.7 Å². The summed E-state index contributed by atoms with van der Waals surface area (Å²) in [5.41, 5.74) is 2.35. The van der Waals surface area contributed by atoms with Gasteiger partial charge in [-0.05, 0) is 53.9 Å². The standard InChI is InChI=1S/C33H33N3O6S/c1-41-27-16-18-28(19-17-27)43(39,40)35(21-20-25-10-4-2-5-11-25)24-32(37)36-23-31(42-30-15-9-8-14-29(30)36)33(38)34-22-26-12-6-3-7-13-26/h2-19,31H,20-24H2,1H3,(H,34,38). The smallest absolute Gasteiger partial charge is 0.263 e. The summed E-state index contributed by atoms with van der Waals surface area (Å²) in [6, 6.07) is 32.0. The Morgan fingerprint density at radius 2 is 1.51 bits per heavy atom. The monoisotopic (exact) mass is 599 g/mol. The fraction of sp³-hybridized carbons (Fsp3) is 0.212. The lowest BCUT2D eigenvalue weighted by Gasteiger charge is -2.35. The molecule has 0 radical (unpaired) electrons. The molecule has 1 N–H and O–H groups in total. The van der Waals surface area contributed by atoms with Crippen molar-refractivity contribution in [3.63, 3.8) is 0 Å². The lowest BCUT2D eigenvalue weighted by molar-refractivity contribution is -0.128. The molecule has 1 heterocycles. The van der Waals surface area contributed by atoms with E-state index >= 15 is 0 Å². The zero-order valence-corrected chi connectivity index (χ0v) is 24.6. The van der Waals surface area contributed by atoms with Crippen molar-refractivity contribution in [2.24, 2.45) is 0 Å². The Morgan fingerprint density at radius 3 is 2.19 bits per heavy atom. The van der Waals surface area contributed by atoms with Gasteiger partial charge in [-0.15, -0.1) is 0 Å². The minimum atomic E-state index is -4.06. The van der Waals surface area contributed by atoms with E-state index in [9.17, 15) is 18.0 Å². The molecule has 0 fully saturated rings. The molecule has 1 unspecified atom stereocenters. The Hall–Kier alpha value is -4.67. The molecule has 2 amide bonds. The molecule has 4 aromatic rings. The predicted octanol–water partition coefficient (Wildman–Crippen LogP) is 4.04. The number of nitrogens with zero attached hydrogens (tertiary/aromatic N) is 2. The quantitative estimate of drug-likeness (QED) is 0.279. The van der Waals surface area contributed by atoms with E-state index < -0.39 is 28.6 Å². The number of benzene rings is 4. The zero-order chi connectivity index (χ0) is 30.2. The normalized spacial score (nSPS) is 14.5. The second kappa shape index (κ2) is 13.5. The van der Waals surface area contributed by atoms with E-state index in [0.29, 0.717) is 30.2 Å². The van der Waals surface area contributed by atoms with Crippen molar-refractivity contribution >= 4 is 27.5 Å². The number of ether oxygens (including phenoxy) is 2. The lowest BCUT2D eigenvalue weighted by atomic mass is 10.1. The van der Waals surface area contributed by atoms with Gasteiger partial charge in [0.2, 0.25) is 15.9 Å². The Bertz CT molecular complexity index is 1650. The number of para-hydroxylation sites is 2. The van der Waals surface area contributed by atoms with Gasteiger partial charge in [0, 0.05) is 13.1 Å². The Labute approximate surface area is 251 Å². The summed E-state index contributed by atoms with van der Waals surface area (Å²) < 4.78 is 40.0. The fourth-order valence-electron chi connectivity index (χ4n) is 4.82. The van der Waals surface area contributed by atoms with E-state index in [0.717, 1.165) is 11.1 Å². The molecule has 1 atom stereocenters. The van der Waals surface area contributed by atoms with Gasteiger partial charge in [-0.2, -0.15) is 4.31 Å². The zero-order valence-electron chi connectivity index (χ0n) is 23.8. The van der Waals surface area contributed by atoms with Gasteiger partial charge in [0.15, 0.2) is 6.10 Å². The maximum absolute atomic E-state index is 13.9. The number of rotatable bonds is 11. The number of hydrogen-bond acceptors (Lipinski definition) is 6. The van der Waals surface area contributed by atoms with Crippen LogP contribution in [0.4, 0.5) is 5.69 Å². The third kappa shape index (κ3) is 7.22. The summed E-state index contributed by atoms with van der Waals surface area (Å²) in [4.78, 5) is 28.5. The number of nitrogens with one attached hydrogen (secondary N) is 1. The van der Waals surface area contributed by atoms with Crippen molar-refractivity contribution in [1.29, 1.82) is 0 Å². The number of fused-ring (bicyclic) bond motifs is 1. The van der Waals surface area contributed by atoms with Crippen LogP contribution in [0.2, 0.25) is 0 Å². The van der Waals surface area contributed by atoms with Crippen molar-refractivity contribution in [1.82, 2.24) is 9.62 Å². The van der Waals surface area contributed by atoms with E-state index in [2.05, 4.69) is 5.32 Å². The Balaban J connectivity index is 1.38. The average molecular weight is 600 g/mol. The van der Waals surface area contributed by atoms with Gasteiger partial charge in [0.1, 0.15) is 11.5 Å². The number of amides is 2. The highest BCUT2D eigenvalue weighted by molar-refractivity contribution is 7.89. The van der Waals surface area contributed by atoms with Crippen molar-refractivity contribution in [3.8, 4) is 11.5 Å². The highest BCUT2D eigenvalue weighted by Gasteiger charge is 2.36. The molecule has 10 heteroatoms. The molecule has 222 valence electrons. The number of hydrogen-bond donors (Lipinski definition) is 1. The molecule has 5 rings (SSSR count). The molecule has 0 aliphatic carbocycles. The van der Waals surface area contributed by atoms with Gasteiger partial charge in [-0.3, -0.25) is 9.59 Å². The number of carbonyl (C=O) groups is 2. The second-order valence-corrected chi connectivity index (χ2v) is 12.0. The molecule has 0 spiro atoms. The fourth-order valence-corrected chi connectivity index (χ4v) is 6.21. The van der Waals surface area contributed by atoms with Crippen molar-refractivity contribution in [3.05, 3.63) is 120 Å². The molecule has 0 aromatic heterocycles. The van der Waals surface area contributed by atoms with Crippen LogP contribution in [-0.4, -0.2) is 57.4 Å². The van der Waals surface area contributed by atoms with Crippen LogP contribution in [0.3, 0.4) is 0 Å². The average Bonchev–Trinajstić information content (AvgIpc) is 3.05. The summed E-state index contributed by atoms with van der Waals surface area (Å²) in [7, 11) is -2.55. The van der Waals surface area contributed by atoms with Crippen molar-refractivity contribution < 1.29 is 27.5 Å². The van der Waals surface area contributed by atoms with Gasteiger partial charge in [0.05, 0.1) is 30.8 Å². The molecule has 0 bridgehead atoms. The molecule has 0 saturated carbocycles. The Kier molecular flexibility index (Phi) is 9.38. The number of carbonyl (C=O) groups excluding carboxylic acids is 2. The van der Waals surface area contributed by atoms with Crippen molar-refractivity contribution in [2.75, 3.05) is 31.6 Å². The van der Waals surface area contributed by atoms with E-state index in [1.54, 1.807) is 36.4 Å². The van der Waals surface area contributed by atoms with E-state index in [4.69, 9.17) is 9.47 Å². The maximum atomic E-state index is 13.9. The minimum Gasteiger partial charge on any atom is -0.497 e. The van der Waals surface area contributed by atoms with Crippen molar-refractivity contribution in [2.45, 2.75) is 24.0 Å². The second-order valence-electron chi connectivity index (χ2n) is 10.0. The summed E-state index contributed by atoms with van der Waals surface area (Å²) in [6.07, 6.45) is -0.563. The van der Waals surface area contributed by atoms with Gasteiger partial charge >= 0.3 is 0 Å². The molecule has 9 nitrogen and oxygen atoms in total. The van der Waals surface area contributed by atoms with Gasteiger partial charge < -0.3 is 19.7 Å². The number of methoxy groups -OCH3 is 1. The lowest BCUT2D eigenvalue weighted by Crippen LogP contribution is -2.53. The highest BCUT2D eigenvalue weighted by atomic mass is 32.2. The number of anilines is 1. The number of sulfonamides is 1. The first-order valence-corrected chi connectivity index (χ1v) is 15.3. The molecule has 0 saturated heterocycles. The first kappa shape index (κ1) is 29.8. The van der Waals surface area contributed by atoms with Crippen LogP contribution < -0.4 is 19.7 Å².